The van der Waals surface area contributed by atoms with Gasteiger partial charge in [0.1, 0.15) is 16.1 Å². The summed E-state index contributed by atoms with van der Waals surface area (Å²) in [7, 11) is -3.37. The van der Waals surface area contributed by atoms with E-state index >= 15 is 0 Å². The number of ether oxygens (including phenoxy) is 1. The summed E-state index contributed by atoms with van der Waals surface area (Å²) < 4.78 is 60.6. The summed E-state index contributed by atoms with van der Waals surface area (Å²) in [5.41, 5.74) is -1.44. The Morgan fingerprint density at radius 2 is 2.03 bits per heavy atom. The van der Waals surface area contributed by atoms with Gasteiger partial charge in [-0.15, -0.1) is 0 Å². The molecule has 9 nitrogen and oxygen atoms in total. The summed E-state index contributed by atoms with van der Waals surface area (Å²) in [6.45, 7) is 0.671. The lowest BCUT2D eigenvalue weighted by molar-refractivity contribution is -0.383. The predicted molar refractivity (Wildman–Crippen MR) is 99.0 cm³/mol. The van der Waals surface area contributed by atoms with Crippen molar-refractivity contribution in [2.45, 2.75) is 19.5 Å². The lowest BCUT2D eigenvalue weighted by atomic mass is 10.1. The number of carbonyl (C=O) groups is 1. The van der Waals surface area contributed by atoms with Crippen LogP contribution in [0.1, 0.15) is 18.1 Å². The first-order valence-electron chi connectivity index (χ1n) is 8.04. The maximum absolute atomic E-state index is 12.7. The third-order valence-corrected chi connectivity index (χ3v) is 5.16. The molecule has 1 aromatic carbocycles. The van der Waals surface area contributed by atoms with Gasteiger partial charge in [-0.2, -0.15) is 13.2 Å². The summed E-state index contributed by atoms with van der Waals surface area (Å²) in [5, 5.41) is 19.0. The Morgan fingerprint density at radius 3 is 2.53 bits per heavy atom. The van der Waals surface area contributed by atoms with Crippen molar-refractivity contribution in [1.29, 1.82) is 0 Å². The molecule has 0 bridgehead atoms. The van der Waals surface area contributed by atoms with Crippen LogP contribution < -0.4 is 10.0 Å². The maximum Gasteiger partial charge on any atom is 0.417 e. The zero-order valence-corrected chi connectivity index (χ0v) is 16.8. The largest absolute Gasteiger partial charge is 0.480 e. The number of pyridine rings is 1. The number of aliphatic carboxylic acids is 1. The molecule has 0 saturated carbocycles. The molecule has 0 saturated heterocycles. The summed E-state index contributed by atoms with van der Waals surface area (Å²) in [4.78, 5) is 24.6. The van der Waals surface area contributed by atoms with Crippen LogP contribution in [0, 0.1) is 10.1 Å². The first kappa shape index (κ1) is 23.6. The predicted octanol–water partition coefficient (Wildman–Crippen LogP) is 4.22. The number of hydrogen-bond acceptors (Lipinski definition) is 7. The molecule has 1 atom stereocenters. The SMILES string of the molecule is CCc1cc([N+](=O)[O-])c([PH](=O)OCC(=O)O)cc1Oc1ncc(C(F)(F)F)cc1Cl. The highest BCUT2D eigenvalue weighted by molar-refractivity contribution is 7.48. The third-order valence-electron chi connectivity index (χ3n) is 3.64. The molecule has 0 fully saturated rings. The molecule has 162 valence electrons. The Labute approximate surface area is 172 Å². The highest BCUT2D eigenvalue weighted by Gasteiger charge is 2.32. The second-order valence-corrected chi connectivity index (χ2v) is 7.48. The molecule has 0 radical (unpaired) electrons. The van der Waals surface area contributed by atoms with E-state index in [1.54, 1.807) is 6.92 Å². The van der Waals surface area contributed by atoms with Crippen LogP contribution in [0.4, 0.5) is 18.9 Å². The molecule has 0 aliphatic carbocycles. The number of aryl methyl sites for hydroxylation is 1. The van der Waals surface area contributed by atoms with Crippen molar-refractivity contribution in [3.8, 4) is 11.6 Å². The number of rotatable bonds is 8. The average Bonchev–Trinajstić information content (AvgIpc) is 2.66. The molecular formula is C16H13ClF3N2O7P. The Kier molecular flexibility index (Phi) is 7.40. The average molecular weight is 469 g/mol. The van der Waals surface area contributed by atoms with E-state index in [9.17, 15) is 32.6 Å². The fourth-order valence-electron chi connectivity index (χ4n) is 2.26. The van der Waals surface area contributed by atoms with E-state index in [1.807, 2.05) is 0 Å². The molecule has 0 aliphatic rings. The van der Waals surface area contributed by atoms with Crippen molar-refractivity contribution in [2.75, 3.05) is 6.61 Å². The molecule has 2 rings (SSSR count). The highest BCUT2D eigenvalue weighted by Crippen LogP contribution is 2.37. The lowest BCUT2D eigenvalue weighted by Gasteiger charge is -2.14. The second-order valence-electron chi connectivity index (χ2n) is 5.67. The number of carboxylic acids is 1. The second kappa shape index (κ2) is 9.41. The summed E-state index contributed by atoms with van der Waals surface area (Å²) in [6.07, 6.45) is -3.98. The van der Waals surface area contributed by atoms with Gasteiger partial charge in [-0.3, -0.25) is 14.7 Å². The van der Waals surface area contributed by atoms with E-state index in [4.69, 9.17) is 21.4 Å². The van der Waals surface area contributed by atoms with Crippen molar-refractivity contribution in [3.63, 3.8) is 0 Å². The van der Waals surface area contributed by atoms with Gasteiger partial charge in [-0.05, 0) is 12.5 Å². The van der Waals surface area contributed by atoms with E-state index in [-0.39, 0.29) is 17.7 Å². The van der Waals surface area contributed by atoms with Crippen LogP contribution in [0.5, 0.6) is 11.6 Å². The molecule has 0 spiro atoms. The molecule has 1 N–H and O–H groups in total. The number of nitro benzene ring substituents is 1. The topological polar surface area (TPSA) is 129 Å². The third kappa shape index (κ3) is 5.68. The normalized spacial score (nSPS) is 12.4. The van der Waals surface area contributed by atoms with Gasteiger partial charge in [0.05, 0.1) is 10.5 Å². The Balaban J connectivity index is 2.49. The van der Waals surface area contributed by atoms with Crippen molar-refractivity contribution in [3.05, 3.63) is 50.7 Å². The smallest absolute Gasteiger partial charge is 0.417 e. The number of nitro groups is 1. The number of hydrogen-bond donors (Lipinski definition) is 1. The van der Waals surface area contributed by atoms with Crippen LogP contribution in [0.25, 0.3) is 0 Å². The minimum absolute atomic E-state index is 0.107. The van der Waals surface area contributed by atoms with E-state index in [2.05, 4.69) is 9.51 Å². The molecule has 1 aromatic heterocycles. The molecule has 14 heteroatoms. The zero-order valence-electron chi connectivity index (χ0n) is 15.0. The van der Waals surface area contributed by atoms with Crippen LogP contribution in [0.2, 0.25) is 5.02 Å². The minimum atomic E-state index is -4.67. The monoisotopic (exact) mass is 468 g/mol. The molecule has 1 heterocycles. The molecule has 1 unspecified atom stereocenters. The fourth-order valence-corrected chi connectivity index (χ4v) is 3.50. The molecule has 30 heavy (non-hydrogen) atoms. The number of halogens is 4. The van der Waals surface area contributed by atoms with Crippen LogP contribution in [0.3, 0.4) is 0 Å². The van der Waals surface area contributed by atoms with Gasteiger partial charge in [0.15, 0.2) is 6.61 Å². The van der Waals surface area contributed by atoms with Gasteiger partial charge < -0.3 is 14.4 Å². The fraction of sp³-hybridized carbons (Fsp3) is 0.250. The minimum Gasteiger partial charge on any atom is -0.480 e. The van der Waals surface area contributed by atoms with Gasteiger partial charge in [-0.25, -0.2) is 9.78 Å². The van der Waals surface area contributed by atoms with Crippen LogP contribution in [-0.4, -0.2) is 27.6 Å². The molecule has 0 aliphatic heterocycles. The zero-order chi connectivity index (χ0) is 22.6. The number of nitrogens with zero attached hydrogens (tertiary/aromatic N) is 2. The van der Waals surface area contributed by atoms with Crippen molar-refractivity contribution in [2.24, 2.45) is 0 Å². The quantitative estimate of drug-likeness (QED) is 0.346. The molecule has 0 amide bonds. The van der Waals surface area contributed by atoms with E-state index in [1.165, 1.54) is 0 Å². The van der Waals surface area contributed by atoms with Gasteiger partial charge in [0.2, 0.25) is 13.9 Å². The van der Waals surface area contributed by atoms with Crippen LogP contribution >= 0.6 is 19.6 Å². The summed E-state index contributed by atoms with van der Waals surface area (Å²) in [5.74, 6) is -1.95. The highest BCUT2D eigenvalue weighted by atomic mass is 35.5. The lowest BCUT2D eigenvalue weighted by Crippen LogP contribution is -2.11. The van der Waals surface area contributed by atoms with E-state index < -0.39 is 59.2 Å². The number of aromatic nitrogens is 1. The van der Waals surface area contributed by atoms with Crippen molar-refractivity contribution in [1.82, 2.24) is 4.98 Å². The Bertz CT molecular complexity index is 1020. The number of benzene rings is 1. The summed E-state index contributed by atoms with van der Waals surface area (Å²) >= 11 is 5.81. The van der Waals surface area contributed by atoms with Crippen LogP contribution in [0.15, 0.2) is 24.4 Å². The van der Waals surface area contributed by atoms with Crippen molar-refractivity contribution < 1.29 is 41.8 Å². The Hall–Kier alpha value is -2.69. The van der Waals surface area contributed by atoms with Gasteiger partial charge in [0.25, 0.3) is 5.69 Å². The standard InChI is InChI=1S/C16H13ClF3N2O7P/c1-2-8-3-11(22(25)26)13(30(27)28-7-14(23)24)5-12(8)29-15-10(17)4-9(6-21-15)16(18,19)20/h3-6,30H,2,7H2,1H3,(H,23,24). The molecular weight excluding hydrogens is 456 g/mol. The van der Waals surface area contributed by atoms with Gasteiger partial charge in [-0.1, -0.05) is 18.5 Å². The van der Waals surface area contributed by atoms with Gasteiger partial charge >= 0.3 is 12.1 Å². The Morgan fingerprint density at radius 1 is 1.37 bits per heavy atom. The first-order chi connectivity index (χ1) is 13.9. The van der Waals surface area contributed by atoms with E-state index in [0.29, 0.717) is 12.3 Å². The van der Waals surface area contributed by atoms with Gasteiger partial charge in [0, 0.05) is 23.9 Å². The van der Waals surface area contributed by atoms with E-state index in [0.717, 1.165) is 12.1 Å². The number of alkyl halides is 3. The molecule has 2 aromatic rings. The maximum atomic E-state index is 12.7. The number of carboxylic acid groups (broad SMARTS) is 1. The first-order valence-corrected chi connectivity index (χ1v) is 9.74. The summed E-state index contributed by atoms with van der Waals surface area (Å²) in [6, 6.07) is 2.64. The van der Waals surface area contributed by atoms with Crippen LogP contribution in [-0.2, 0) is 26.5 Å². The van der Waals surface area contributed by atoms with Crippen molar-refractivity contribution >= 4 is 36.6 Å².